The lowest BCUT2D eigenvalue weighted by atomic mass is 10.1. The maximum atomic E-state index is 13.4. The smallest absolute Gasteiger partial charge is 0.408 e. The van der Waals surface area contributed by atoms with Gasteiger partial charge in [-0.05, 0) is 86.8 Å². The molecule has 0 spiro atoms. The molecular formula is C43H56N8O6. The van der Waals surface area contributed by atoms with Gasteiger partial charge in [-0.1, -0.05) is 24.3 Å². The van der Waals surface area contributed by atoms with Crippen LogP contribution in [0.3, 0.4) is 0 Å². The standard InChI is InChI=1S/C24H32N4O4.C19H24N4O2/c1-24(2,3)32-23(30)26-19(17-18-9-11-25-12-10-18)22(29)28-15-13-27(14-16-28)20-7-5-6-8-21(20)31-4;1-25-18-5-3-2-4-17(18)22-10-12-23(13-11-22)19(24)16(20)14-15-6-8-21-9-7-15/h5-12,19H,13-17H2,1-4H3,(H,26,30);2-9,16H,10-14,20H2,1H3/t19-;16-/m11/s1. The van der Waals surface area contributed by atoms with Gasteiger partial charge in [-0.2, -0.15) is 0 Å². The number of alkyl carbamates (subject to hydrolysis) is 1. The number of benzene rings is 2. The van der Waals surface area contributed by atoms with Crippen molar-refractivity contribution in [3.63, 3.8) is 0 Å². The van der Waals surface area contributed by atoms with Crippen LogP contribution in [0.4, 0.5) is 16.2 Å². The first-order chi connectivity index (χ1) is 27.5. The van der Waals surface area contributed by atoms with Gasteiger partial charge in [0.2, 0.25) is 11.8 Å². The monoisotopic (exact) mass is 780 g/mol. The van der Waals surface area contributed by atoms with Crippen molar-refractivity contribution in [2.45, 2.75) is 51.3 Å². The zero-order chi connectivity index (χ0) is 40.8. The zero-order valence-electron chi connectivity index (χ0n) is 33.7. The molecule has 14 nitrogen and oxygen atoms in total. The maximum Gasteiger partial charge on any atom is 0.408 e. The number of hydrogen-bond donors (Lipinski definition) is 2. The third-order valence-electron chi connectivity index (χ3n) is 9.73. The molecule has 2 aliphatic heterocycles. The number of methoxy groups -OCH3 is 2. The quantitative estimate of drug-likeness (QED) is 0.225. The molecule has 2 saturated heterocycles. The van der Waals surface area contributed by atoms with E-state index in [1.54, 1.807) is 64.7 Å². The van der Waals surface area contributed by atoms with Crippen LogP contribution in [-0.2, 0) is 27.2 Å². The predicted octanol–water partition coefficient (Wildman–Crippen LogP) is 4.18. The van der Waals surface area contributed by atoms with E-state index in [9.17, 15) is 14.4 Å². The zero-order valence-corrected chi connectivity index (χ0v) is 33.7. The van der Waals surface area contributed by atoms with Crippen LogP contribution in [0.5, 0.6) is 11.5 Å². The number of nitrogens with two attached hydrogens (primary N) is 1. The first kappa shape index (κ1) is 42.3. The average molecular weight is 781 g/mol. The van der Waals surface area contributed by atoms with Crippen molar-refractivity contribution >= 4 is 29.3 Å². The highest BCUT2D eigenvalue weighted by Gasteiger charge is 2.31. The second kappa shape index (κ2) is 20.3. The molecule has 57 heavy (non-hydrogen) atoms. The van der Waals surface area contributed by atoms with Crippen LogP contribution in [0, 0.1) is 0 Å². The van der Waals surface area contributed by atoms with Crippen LogP contribution in [-0.4, -0.2) is 122 Å². The molecule has 2 aliphatic rings. The van der Waals surface area contributed by atoms with Gasteiger partial charge in [0, 0.05) is 83.6 Å². The SMILES string of the molecule is COc1ccccc1N1CCN(C(=O)[C@@H](Cc2ccncc2)NC(=O)OC(C)(C)C)CC1.COc1ccccc1N1CCN(C(=O)[C@H](N)Cc2ccncc2)CC1. The minimum atomic E-state index is -0.718. The number of carbonyl (C=O) groups excluding carboxylic acids is 3. The van der Waals surface area contributed by atoms with Crippen molar-refractivity contribution in [3.05, 3.63) is 109 Å². The molecule has 4 aromatic rings. The van der Waals surface area contributed by atoms with Gasteiger partial charge in [-0.3, -0.25) is 19.6 Å². The van der Waals surface area contributed by atoms with Gasteiger partial charge in [0.15, 0.2) is 0 Å². The Balaban J connectivity index is 0.000000224. The Kier molecular flexibility index (Phi) is 15.1. The molecule has 2 aromatic heterocycles. The number of pyridine rings is 2. The Bertz CT molecular complexity index is 1880. The highest BCUT2D eigenvalue weighted by atomic mass is 16.6. The summed E-state index contributed by atoms with van der Waals surface area (Å²) in [6, 6.07) is 22.1. The molecule has 2 fully saturated rings. The number of rotatable bonds is 11. The molecule has 6 rings (SSSR count). The highest BCUT2D eigenvalue weighted by molar-refractivity contribution is 5.86. The number of para-hydroxylation sites is 4. The molecular weight excluding hydrogens is 725 g/mol. The summed E-state index contributed by atoms with van der Waals surface area (Å²) in [6.07, 6.45) is 7.10. The Labute approximate surface area is 335 Å². The Hall–Kier alpha value is -5.89. The van der Waals surface area contributed by atoms with Crippen molar-refractivity contribution in [2.75, 3.05) is 76.4 Å². The van der Waals surface area contributed by atoms with Gasteiger partial charge in [0.05, 0.1) is 31.6 Å². The van der Waals surface area contributed by atoms with E-state index in [1.165, 1.54) is 0 Å². The lowest BCUT2D eigenvalue weighted by Crippen LogP contribution is -2.56. The number of hydrogen-bond acceptors (Lipinski definition) is 11. The molecule has 3 amide bonds. The summed E-state index contributed by atoms with van der Waals surface area (Å²) in [5, 5.41) is 2.77. The van der Waals surface area contributed by atoms with E-state index in [2.05, 4.69) is 25.1 Å². The minimum absolute atomic E-state index is 0.0106. The van der Waals surface area contributed by atoms with Gasteiger partial charge in [0.1, 0.15) is 23.1 Å². The molecule has 0 saturated carbocycles. The van der Waals surface area contributed by atoms with E-state index in [1.807, 2.05) is 77.7 Å². The van der Waals surface area contributed by atoms with Crippen LogP contribution >= 0.6 is 0 Å². The number of anilines is 2. The molecule has 2 aromatic carbocycles. The van der Waals surface area contributed by atoms with E-state index in [4.69, 9.17) is 19.9 Å². The fraction of sp³-hybridized carbons (Fsp3) is 0.419. The molecule has 0 unspecified atom stereocenters. The first-order valence-corrected chi connectivity index (χ1v) is 19.3. The van der Waals surface area contributed by atoms with E-state index < -0.39 is 23.8 Å². The van der Waals surface area contributed by atoms with Gasteiger partial charge in [-0.25, -0.2) is 4.79 Å². The van der Waals surface area contributed by atoms with Crippen molar-refractivity contribution in [3.8, 4) is 11.5 Å². The van der Waals surface area contributed by atoms with Crippen LogP contribution in [0.2, 0.25) is 0 Å². The third-order valence-corrected chi connectivity index (χ3v) is 9.73. The molecule has 0 aliphatic carbocycles. The lowest BCUT2D eigenvalue weighted by Gasteiger charge is -2.38. The first-order valence-electron chi connectivity index (χ1n) is 19.3. The Morgan fingerprint density at radius 3 is 1.51 bits per heavy atom. The summed E-state index contributed by atoms with van der Waals surface area (Å²) in [5.41, 5.74) is 9.52. The number of piperazine rings is 2. The van der Waals surface area contributed by atoms with E-state index in [0.29, 0.717) is 52.1 Å². The summed E-state index contributed by atoms with van der Waals surface area (Å²) in [4.78, 5) is 54.5. The number of ether oxygens (including phenoxy) is 3. The number of nitrogens with zero attached hydrogens (tertiary/aromatic N) is 6. The number of carbonyl (C=O) groups is 3. The highest BCUT2D eigenvalue weighted by Crippen LogP contribution is 2.29. The number of amides is 3. The summed E-state index contributed by atoms with van der Waals surface area (Å²) in [7, 11) is 3.33. The number of aromatic nitrogens is 2. The minimum Gasteiger partial charge on any atom is -0.495 e. The third kappa shape index (κ3) is 12.3. The lowest BCUT2D eigenvalue weighted by molar-refractivity contribution is -0.134. The van der Waals surface area contributed by atoms with Crippen molar-refractivity contribution < 1.29 is 28.6 Å². The van der Waals surface area contributed by atoms with Crippen LogP contribution < -0.4 is 30.3 Å². The fourth-order valence-corrected chi connectivity index (χ4v) is 6.84. The van der Waals surface area contributed by atoms with Crippen molar-refractivity contribution in [1.82, 2.24) is 25.1 Å². The summed E-state index contributed by atoms with van der Waals surface area (Å²) in [6.45, 7) is 10.7. The number of nitrogens with one attached hydrogen (secondary N) is 1. The van der Waals surface area contributed by atoms with Crippen molar-refractivity contribution in [1.29, 1.82) is 0 Å². The van der Waals surface area contributed by atoms with E-state index in [-0.39, 0.29) is 11.8 Å². The van der Waals surface area contributed by atoms with Gasteiger partial charge < -0.3 is 44.9 Å². The van der Waals surface area contributed by atoms with Gasteiger partial charge in [0.25, 0.3) is 0 Å². The largest absolute Gasteiger partial charge is 0.495 e. The molecule has 304 valence electrons. The average Bonchev–Trinajstić information content (AvgIpc) is 3.23. The summed E-state index contributed by atoms with van der Waals surface area (Å²) in [5.74, 6) is 1.56. The topological polar surface area (TPSA) is 156 Å². The Morgan fingerprint density at radius 1 is 0.649 bits per heavy atom. The van der Waals surface area contributed by atoms with Gasteiger partial charge >= 0.3 is 6.09 Å². The summed E-state index contributed by atoms with van der Waals surface area (Å²) >= 11 is 0. The maximum absolute atomic E-state index is 13.4. The van der Waals surface area contributed by atoms with Crippen LogP contribution in [0.1, 0.15) is 31.9 Å². The van der Waals surface area contributed by atoms with Gasteiger partial charge in [-0.15, -0.1) is 0 Å². The normalized spacial score (nSPS) is 15.4. The second-order valence-electron chi connectivity index (χ2n) is 14.9. The summed E-state index contributed by atoms with van der Waals surface area (Å²) < 4.78 is 16.3. The molecule has 14 heteroatoms. The fourth-order valence-electron chi connectivity index (χ4n) is 6.84. The van der Waals surface area contributed by atoms with Crippen LogP contribution in [0.25, 0.3) is 0 Å². The molecule has 4 heterocycles. The van der Waals surface area contributed by atoms with E-state index in [0.717, 1.165) is 47.1 Å². The molecule has 3 N–H and O–H groups in total. The Morgan fingerprint density at radius 2 is 1.07 bits per heavy atom. The second-order valence-corrected chi connectivity index (χ2v) is 14.9. The van der Waals surface area contributed by atoms with E-state index >= 15 is 0 Å². The predicted molar refractivity (Wildman–Crippen MR) is 221 cm³/mol. The molecule has 0 bridgehead atoms. The molecule has 0 radical (unpaired) electrons. The molecule has 2 atom stereocenters. The van der Waals surface area contributed by atoms with Crippen molar-refractivity contribution in [2.24, 2.45) is 5.73 Å². The van der Waals surface area contributed by atoms with Crippen LogP contribution in [0.15, 0.2) is 97.6 Å².